The molecule has 0 aliphatic heterocycles. The van der Waals surface area contributed by atoms with Crippen LogP contribution in [-0.4, -0.2) is 19.7 Å². The first-order valence-electron chi connectivity index (χ1n) is 4.74. The highest BCUT2D eigenvalue weighted by molar-refractivity contribution is 5.22. The number of nitro groups is 1. The van der Waals surface area contributed by atoms with Crippen LogP contribution >= 0.6 is 0 Å². The molecular weight excluding hydrogens is 208 g/mol. The lowest BCUT2D eigenvalue weighted by Gasteiger charge is -2.01. The van der Waals surface area contributed by atoms with Gasteiger partial charge in [-0.1, -0.05) is 29.8 Å². The molecular formula is C10H10N4O2. The Morgan fingerprint density at radius 2 is 2.06 bits per heavy atom. The Bertz CT molecular complexity index is 504. The molecule has 82 valence electrons. The minimum atomic E-state index is -0.540. The van der Waals surface area contributed by atoms with Crippen molar-refractivity contribution in [3.8, 4) is 0 Å². The van der Waals surface area contributed by atoms with Gasteiger partial charge in [-0.3, -0.25) is 0 Å². The van der Waals surface area contributed by atoms with Crippen LogP contribution in [0.2, 0.25) is 0 Å². The summed E-state index contributed by atoms with van der Waals surface area (Å²) in [5, 5.41) is 17.6. The van der Waals surface area contributed by atoms with Crippen LogP contribution in [0.5, 0.6) is 0 Å². The van der Waals surface area contributed by atoms with Crippen LogP contribution in [0.25, 0.3) is 0 Å². The van der Waals surface area contributed by atoms with E-state index >= 15 is 0 Å². The average molecular weight is 218 g/mol. The highest BCUT2D eigenvalue weighted by Crippen LogP contribution is 2.10. The molecule has 0 N–H and O–H groups in total. The molecule has 1 aromatic heterocycles. The SMILES string of the molecule is Cc1ccc(Cn2cnnc2[N+](=O)[O-])cc1. The Kier molecular flexibility index (Phi) is 2.63. The van der Waals surface area contributed by atoms with Crippen molar-refractivity contribution in [2.24, 2.45) is 0 Å². The van der Waals surface area contributed by atoms with Crippen molar-refractivity contribution < 1.29 is 4.92 Å². The third-order valence-corrected chi connectivity index (χ3v) is 2.23. The molecule has 0 atom stereocenters. The molecule has 0 spiro atoms. The molecule has 0 saturated heterocycles. The second kappa shape index (κ2) is 4.09. The molecule has 0 radical (unpaired) electrons. The molecule has 2 aromatic rings. The van der Waals surface area contributed by atoms with Crippen LogP contribution in [0.4, 0.5) is 5.95 Å². The number of hydrogen-bond acceptors (Lipinski definition) is 4. The fraction of sp³-hybridized carbons (Fsp3) is 0.200. The lowest BCUT2D eigenvalue weighted by atomic mass is 10.1. The first kappa shape index (κ1) is 10.3. The van der Waals surface area contributed by atoms with Gasteiger partial charge in [-0.2, -0.15) is 0 Å². The lowest BCUT2D eigenvalue weighted by molar-refractivity contribution is -0.396. The Hall–Kier alpha value is -2.24. The number of rotatable bonds is 3. The third-order valence-electron chi connectivity index (χ3n) is 2.23. The van der Waals surface area contributed by atoms with Gasteiger partial charge in [0.15, 0.2) is 6.33 Å². The molecule has 1 aromatic carbocycles. The molecule has 16 heavy (non-hydrogen) atoms. The van der Waals surface area contributed by atoms with Crippen LogP contribution in [0.3, 0.4) is 0 Å². The van der Waals surface area contributed by atoms with Gasteiger partial charge in [0.1, 0.15) is 0 Å². The fourth-order valence-electron chi connectivity index (χ4n) is 1.39. The van der Waals surface area contributed by atoms with Crippen LogP contribution in [0.1, 0.15) is 11.1 Å². The van der Waals surface area contributed by atoms with Crippen molar-refractivity contribution in [1.29, 1.82) is 0 Å². The van der Waals surface area contributed by atoms with Gasteiger partial charge in [-0.15, -0.1) is 0 Å². The Morgan fingerprint density at radius 1 is 1.38 bits per heavy atom. The Morgan fingerprint density at radius 3 is 2.69 bits per heavy atom. The number of hydrogen-bond donors (Lipinski definition) is 0. The molecule has 0 aliphatic rings. The van der Waals surface area contributed by atoms with E-state index in [1.165, 1.54) is 10.9 Å². The van der Waals surface area contributed by atoms with E-state index in [0.29, 0.717) is 6.54 Å². The smallest absolute Gasteiger partial charge is 0.390 e. The minimum absolute atomic E-state index is 0.236. The lowest BCUT2D eigenvalue weighted by Crippen LogP contribution is -2.03. The molecule has 1 heterocycles. The average Bonchev–Trinajstić information content (AvgIpc) is 2.69. The predicted molar refractivity (Wildman–Crippen MR) is 57.0 cm³/mol. The monoisotopic (exact) mass is 218 g/mol. The van der Waals surface area contributed by atoms with Gasteiger partial charge in [0.2, 0.25) is 0 Å². The highest BCUT2D eigenvalue weighted by atomic mass is 16.6. The summed E-state index contributed by atoms with van der Waals surface area (Å²) in [7, 11) is 0. The summed E-state index contributed by atoms with van der Waals surface area (Å²) in [5.41, 5.74) is 2.13. The summed E-state index contributed by atoms with van der Waals surface area (Å²) in [6.07, 6.45) is 1.36. The van der Waals surface area contributed by atoms with Gasteiger partial charge in [0.25, 0.3) is 0 Å². The van der Waals surface area contributed by atoms with Gasteiger partial charge in [0, 0.05) is 0 Å². The summed E-state index contributed by atoms with van der Waals surface area (Å²) in [4.78, 5) is 10.1. The summed E-state index contributed by atoms with van der Waals surface area (Å²) >= 11 is 0. The van der Waals surface area contributed by atoms with Gasteiger partial charge in [-0.25, -0.2) is 4.57 Å². The quantitative estimate of drug-likeness (QED) is 0.578. The Balaban J connectivity index is 2.23. The maximum absolute atomic E-state index is 10.6. The van der Waals surface area contributed by atoms with E-state index in [1.54, 1.807) is 0 Å². The van der Waals surface area contributed by atoms with Gasteiger partial charge in [0.05, 0.1) is 11.6 Å². The van der Waals surface area contributed by atoms with Crippen molar-refractivity contribution in [2.75, 3.05) is 0 Å². The summed E-state index contributed by atoms with van der Waals surface area (Å²) < 4.78 is 1.41. The van der Waals surface area contributed by atoms with E-state index in [0.717, 1.165) is 11.1 Å². The molecule has 0 amide bonds. The summed E-state index contributed by atoms with van der Waals surface area (Å²) in [6, 6.07) is 7.79. The van der Waals surface area contributed by atoms with Crippen LogP contribution in [-0.2, 0) is 6.54 Å². The van der Waals surface area contributed by atoms with E-state index in [9.17, 15) is 10.1 Å². The van der Waals surface area contributed by atoms with E-state index in [1.807, 2.05) is 31.2 Å². The zero-order valence-corrected chi connectivity index (χ0v) is 8.70. The molecule has 0 unspecified atom stereocenters. The van der Waals surface area contributed by atoms with Crippen molar-refractivity contribution in [1.82, 2.24) is 14.8 Å². The van der Waals surface area contributed by atoms with E-state index in [4.69, 9.17) is 0 Å². The first-order valence-corrected chi connectivity index (χ1v) is 4.74. The molecule has 0 saturated carbocycles. The van der Waals surface area contributed by atoms with Crippen molar-refractivity contribution >= 4 is 5.95 Å². The van der Waals surface area contributed by atoms with Gasteiger partial charge in [-0.05, 0) is 22.5 Å². The van der Waals surface area contributed by atoms with E-state index in [-0.39, 0.29) is 5.95 Å². The standard InChI is InChI=1S/C10H10N4O2/c1-8-2-4-9(5-3-8)6-13-7-11-12-10(13)14(15)16/h2-5,7H,6H2,1H3. The molecule has 0 bridgehead atoms. The minimum Gasteiger partial charge on any atom is -0.390 e. The van der Waals surface area contributed by atoms with Crippen molar-refractivity contribution in [3.05, 3.63) is 51.8 Å². The second-order valence-corrected chi connectivity index (χ2v) is 3.50. The molecule has 6 heteroatoms. The number of aromatic nitrogens is 3. The molecule has 0 fully saturated rings. The van der Waals surface area contributed by atoms with E-state index in [2.05, 4.69) is 10.2 Å². The van der Waals surface area contributed by atoms with Gasteiger partial charge < -0.3 is 10.1 Å². The zero-order chi connectivity index (χ0) is 11.5. The van der Waals surface area contributed by atoms with Crippen LogP contribution < -0.4 is 0 Å². The molecule has 6 nitrogen and oxygen atoms in total. The maximum Gasteiger partial charge on any atom is 0.458 e. The highest BCUT2D eigenvalue weighted by Gasteiger charge is 2.15. The van der Waals surface area contributed by atoms with Gasteiger partial charge >= 0.3 is 5.95 Å². The van der Waals surface area contributed by atoms with Crippen LogP contribution in [0, 0.1) is 17.0 Å². The molecule has 0 aliphatic carbocycles. The summed E-state index contributed by atoms with van der Waals surface area (Å²) in [5.74, 6) is -0.236. The van der Waals surface area contributed by atoms with Crippen molar-refractivity contribution in [2.45, 2.75) is 13.5 Å². The largest absolute Gasteiger partial charge is 0.458 e. The predicted octanol–water partition coefficient (Wildman–Crippen LogP) is 1.54. The molecule has 2 rings (SSSR count). The topological polar surface area (TPSA) is 73.8 Å². The Labute approximate surface area is 91.7 Å². The van der Waals surface area contributed by atoms with Crippen molar-refractivity contribution in [3.63, 3.8) is 0 Å². The normalized spacial score (nSPS) is 10.3. The summed E-state index contributed by atoms with van der Waals surface area (Å²) in [6.45, 7) is 2.40. The fourth-order valence-corrected chi connectivity index (χ4v) is 1.39. The zero-order valence-electron chi connectivity index (χ0n) is 8.70. The second-order valence-electron chi connectivity index (χ2n) is 3.50. The van der Waals surface area contributed by atoms with Crippen LogP contribution in [0.15, 0.2) is 30.6 Å². The first-order chi connectivity index (χ1) is 7.66. The number of benzene rings is 1. The maximum atomic E-state index is 10.6. The van der Waals surface area contributed by atoms with E-state index < -0.39 is 4.92 Å². The number of nitrogens with zero attached hydrogens (tertiary/aromatic N) is 4. The number of aryl methyl sites for hydroxylation is 1. The third kappa shape index (κ3) is 2.05.